The molecule has 0 saturated heterocycles. The Labute approximate surface area is 138 Å². The van der Waals surface area contributed by atoms with Crippen molar-refractivity contribution in [3.05, 3.63) is 53.6 Å². The summed E-state index contributed by atoms with van der Waals surface area (Å²) in [5.41, 5.74) is 8.72. The number of aromatic nitrogens is 4. The normalized spacial score (nSPS) is 10.6. The lowest BCUT2D eigenvalue weighted by atomic mass is 10.2. The number of hydrogen-bond donors (Lipinski definition) is 2. The number of rotatable bonds is 4. The summed E-state index contributed by atoms with van der Waals surface area (Å²) < 4.78 is 5.20. The van der Waals surface area contributed by atoms with Gasteiger partial charge in [0.05, 0.1) is 24.1 Å². The van der Waals surface area contributed by atoms with E-state index in [1.54, 1.807) is 13.1 Å². The molecular formula is C16H16N6O2. The first-order chi connectivity index (χ1) is 11.6. The molecule has 24 heavy (non-hydrogen) atoms. The number of hydrogen-bond acceptors (Lipinski definition) is 7. The van der Waals surface area contributed by atoms with Crippen LogP contribution >= 0.6 is 0 Å². The highest BCUT2D eigenvalue weighted by Gasteiger charge is 2.18. The molecule has 0 aliphatic heterocycles. The third-order valence-electron chi connectivity index (χ3n) is 3.51. The van der Waals surface area contributed by atoms with Crippen LogP contribution in [0.25, 0.3) is 11.5 Å². The number of nitrogens with two attached hydrogens (primary N) is 1. The van der Waals surface area contributed by atoms with Gasteiger partial charge in [-0.05, 0) is 25.5 Å². The second-order valence-electron chi connectivity index (χ2n) is 5.21. The zero-order valence-electron chi connectivity index (χ0n) is 13.3. The first kappa shape index (κ1) is 15.6. The number of nitrogens with zero attached hydrogens (tertiary/aromatic N) is 4. The molecule has 3 aromatic rings. The molecule has 0 unspecified atom stereocenters. The molecule has 0 aliphatic carbocycles. The summed E-state index contributed by atoms with van der Waals surface area (Å²) in [6, 6.07) is 3.77. The van der Waals surface area contributed by atoms with Crippen molar-refractivity contribution in [3.8, 4) is 11.5 Å². The molecular weight excluding hydrogens is 308 g/mol. The molecule has 3 N–H and O–H groups in total. The molecule has 3 aromatic heterocycles. The average molecular weight is 324 g/mol. The van der Waals surface area contributed by atoms with E-state index < -0.39 is 5.91 Å². The largest absolute Gasteiger partial charge is 0.442 e. The highest BCUT2D eigenvalue weighted by molar-refractivity contribution is 5.96. The second kappa shape index (κ2) is 6.45. The molecule has 0 aromatic carbocycles. The van der Waals surface area contributed by atoms with Gasteiger partial charge in [-0.3, -0.25) is 9.78 Å². The number of nitrogen functional groups attached to an aromatic ring is 1. The maximum atomic E-state index is 12.3. The summed E-state index contributed by atoms with van der Waals surface area (Å²) in [4.78, 5) is 28.9. The first-order valence-corrected chi connectivity index (χ1v) is 7.28. The minimum Gasteiger partial charge on any atom is -0.442 e. The molecule has 0 aliphatic rings. The quantitative estimate of drug-likeness (QED) is 0.748. The zero-order valence-corrected chi connectivity index (χ0v) is 13.3. The zero-order chi connectivity index (χ0) is 17.1. The number of carbonyl (C=O) groups is 1. The third kappa shape index (κ3) is 3.07. The van der Waals surface area contributed by atoms with E-state index in [1.807, 2.05) is 19.1 Å². The van der Waals surface area contributed by atoms with Gasteiger partial charge in [0.25, 0.3) is 5.91 Å². The monoisotopic (exact) mass is 324 g/mol. The van der Waals surface area contributed by atoms with Crippen LogP contribution < -0.4 is 11.1 Å². The molecule has 0 spiro atoms. The molecule has 0 fully saturated rings. The number of anilines is 1. The van der Waals surface area contributed by atoms with E-state index in [4.69, 9.17) is 10.2 Å². The lowest BCUT2D eigenvalue weighted by Crippen LogP contribution is -2.26. The van der Waals surface area contributed by atoms with E-state index in [1.165, 1.54) is 12.6 Å². The van der Waals surface area contributed by atoms with E-state index in [-0.39, 0.29) is 18.1 Å². The molecule has 8 heteroatoms. The summed E-state index contributed by atoms with van der Waals surface area (Å²) in [5.74, 6) is 0.0716. The molecule has 3 rings (SSSR count). The lowest BCUT2D eigenvalue weighted by Gasteiger charge is -2.10. The molecule has 3 heterocycles. The fraction of sp³-hybridized carbons (Fsp3) is 0.188. The maximum Gasteiger partial charge on any atom is 0.274 e. The Hall–Kier alpha value is -3.29. The van der Waals surface area contributed by atoms with Gasteiger partial charge >= 0.3 is 0 Å². The highest BCUT2D eigenvalue weighted by Crippen LogP contribution is 2.21. The molecule has 1 amide bonds. The van der Waals surface area contributed by atoms with Crippen LogP contribution in [0, 0.1) is 13.8 Å². The molecule has 0 radical (unpaired) electrons. The fourth-order valence-electron chi connectivity index (χ4n) is 2.22. The van der Waals surface area contributed by atoms with Crippen molar-refractivity contribution in [3.63, 3.8) is 0 Å². The fourth-order valence-corrected chi connectivity index (χ4v) is 2.22. The van der Waals surface area contributed by atoms with Crippen molar-refractivity contribution in [1.82, 2.24) is 25.3 Å². The Balaban J connectivity index is 1.80. The number of pyridine rings is 1. The van der Waals surface area contributed by atoms with Crippen molar-refractivity contribution in [2.45, 2.75) is 20.4 Å². The summed E-state index contributed by atoms with van der Waals surface area (Å²) in [7, 11) is 0. The molecule has 0 bridgehead atoms. The van der Waals surface area contributed by atoms with Gasteiger partial charge in [0.2, 0.25) is 0 Å². The van der Waals surface area contributed by atoms with Crippen LogP contribution in [0.3, 0.4) is 0 Å². The van der Waals surface area contributed by atoms with Gasteiger partial charge in [-0.15, -0.1) is 0 Å². The number of oxazole rings is 1. The van der Waals surface area contributed by atoms with Gasteiger partial charge in [0, 0.05) is 6.20 Å². The Morgan fingerprint density at radius 3 is 2.88 bits per heavy atom. The Kier molecular flexibility index (Phi) is 4.19. The summed E-state index contributed by atoms with van der Waals surface area (Å²) in [6.07, 6.45) is 4.49. The van der Waals surface area contributed by atoms with Crippen molar-refractivity contribution in [2.75, 3.05) is 5.73 Å². The van der Waals surface area contributed by atoms with E-state index in [9.17, 15) is 4.79 Å². The Bertz CT molecular complexity index is 876. The van der Waals surface area contributed by atoms with Gasteiger partial charge in [-0.25, -0.2) is 15.0 Å². The number of carbonyl (C=O) groups excluding carboxylic acids is 1. The molecule has 122 valence electrons. The molecule has 0 atom stereocenters. The van der Waals surface area contributed by atoms with Crippen LogP contribution in [0.2, 0.25) is 0 Å². The Morgan fingerprint density at radius 2 is 2.17 bits per heavy atom. The van der Waals surface area contributed by atoms with Crippen molar-refractivity contribution in [1.29, 1.82) is 0 Å². The van der Waals surface area contributed by atoms with Crippen LogP contribution in [0.5, 0.6) is 0 Å². The standard InChI is InChI=1S/C16H16N6O2/c1-9-4-3-5-19-11(9)6-20-16(23)14-15(17)22-13(10(2)21-14)12-7-18-8-24-12/h3-5,7-8H,6H2,1-2H3,(H2,17,22)(H,20,23). The predicted molar refractivity (Wildman–Crippen MR) is 86.8 cm³/mol. The SMILES string of the molecule is Cc1cccnc1CNC(=O)c1nc(C)c(-c2cnco2)nc1N. The van der Waals surface area contributed by atoms with Crippen LogP contribution in [0.1, 0.15) is 27.4 Å². The van der Waals surface area contributed by atoms with Crippen molar-refractivity contribution >= 4 is 11.7 Å². The second-order valence-corrected chi connectivity index (χ2v) is 5.21. The highest BCUT2D eigenvalue weighted by atomic mass is 16.3. The predicted octanol–water partition coefficient (Wildman–Crippen LogP) is 1.66. The molecule has 8 nitrogen and oxygen atoms in total. The van der Waals surface area contributed by atoms with Crippen LogP contribution in [0.4, 0.5) is 5.82 Å². The topological polar surface area (TPSA) is 120 Å². The average Bonchev–Trinajstić information content (AvgIpc) is 3.10. The van der Waals surface area contributed by atoms with Gasteiger partial charge in [-0.1, -0.05) is 6.07 Å². The molecule has 0 saturated carbocycles. The number of amides is 1. The Morgan fingerprint density at radius 1 is 1.33 bits per heavy atom. The minimum atomic E-state index is -0.405. The van der Waals surface area contributed by atoms with Crippen LogP contribution in [-0.4, -0.2) is 25.8 Å². The van der Waals surface area contributed by atoms with Crippen molar-refractivity contribution in [2.24, 2.45) is 0 Å². The number of aryl methyl sites for hydroxylation is 2. The van der Waals surface area contributed by atoms with Crippen LogP contribution in [-0.2, 0) is 6.54 Å². The third-order valence-corrected chi connectivity index (χ3v) is 3.51. The summed E-state index contributed by atoms with van der Waals surface area (Å²) >= 11 is 0. The maximum absolute atomic E-state index is 12.3. The van der Waals surface area contributed by atoms with E-state index in [0.29, 0.717) is 17.1 Å². The van der Waals surface area contributed by atoms with E-state index in [0.717, 1.165) is 11.3 Å². The van der Waals surface area contributed by atoms with E-state index >= 15 is 0 Å². The first-order valence-electron chi connectivity index (χ1n) is 7.28. The van der Waals surface area contributed by atoms with Crippen molar-refractivity contribution < 1.29 is 9.21 Å². The van der Waals surface area contributed by atoms with Gasteiger partial charge in [0.15, 0.2) is 23.7 Å². The smallest absolute Gasteiger partial charge is 0.274 e. The summed E-state index contributed by atoms with van der Waals surface area (Å²) in [5, 5.41) is 2.76. The minimum absolute atomic E-state index is 0.0299. The number of nitrogens with one attached hydrogen (secondary N) is 1. The van der Waals surface area contributed by atoms with Crippen LogP contribution in [0.15, 0.2) is 35.3 Å². The van der Waals surface area contributed by atoms with E-state index in [2.05, 4.69) is 25.3 Å². The van der Waals surface area contributed by atoms with Gasteiger partial charge < -0.3 is 15.5 Å². The van der Waals surface area contributed by atoms with Gasteiger partial charge in [-0.2, -0.15) is 0 Å². The van der Waals surface area contributed by atoms with Gasteiger partial charge in [0.1, 0.15) is 5.69 Å². The lowest BCUT2D eigenvalue weighted by molar-refractivity contribution is 0.0946. The summed E-state index contributed by atoms with van der Waals surface area (Å²) in [6.45, 7) is 3.94.